The van der Waals surface area contributed by atoms with E-state index in [-0.39, 0.29) is 0 Å². The molecule has 0 radical (unpaired) electrons. The lowest BCUT2D eigenvalue weighted by Crippen LogP contribution is -2.52. The van der Waals surface area contributed by atoms with Crippen LogP contribution in [-0.2, 0) is 6.42 Å². The topological polar surface area (TPSA) is 24.5 Å². The second-order valence-corrected chi connectivity index (χ2v) is 6.16. The van der Waals surface area contributed by atoms with Gasteiger partial charge in [0.05, 0.1) is 0 Å². The fraction of sp³-hybridized carbons (Fsp3) is 0.571. The van der Waals surface area contributed by atoms with Crippen LogP contribution in [-0.4, -0.2) is 43.2 Å². The van der Waals surface area contributed by atoms with Crippen LogP contribution in [0.1, 0.15) is 12.5 Å². The molecule has 0 saturated carbocycles. The van der Waals surface area contributed by atoms with Crippen molar-refractivity contribution in [1.29, 1.82) is 0 Å². The van der Waals surface area contributed by atoms with Gasteiger partial charge in [-0.2, -0.15) is 0 Å². The number of nitrogens with one attached hydrogen (secondary N) is 1. The average molecular weight is 311 g/mol. The van der Waals surface area contributed by atoms with Crippen LogP contribution in [0, 0.1) is 0 Å². The molecule has 98 valence electrons. The molecule has 1 aromatic rings. The SMILES string of the molecule is C[C@@H]1CNCCN1CC1Cc2cc(Br)ccc2O1. The molecule has 1 saturated heterocycles. The molecule has 2 heterocycles. The van der Waals surface area contributed by atoms with E-state index < -0.39 is 0 Å². The van der Waals surface area contributed by atoms with Gasteiger partial charge in [0.1, 0.15) is 11.9 Å². The number of ether oxygens (including phenoxy) is 1. The van der Waals surface area contributed by atoms with Crippen LogP contribution in [0.4, 0.5) is 0 Å². The van der Waals surface area contributed by atoms with Crippen molar-refractivity contribution in [3.8, 4) is 5.75 Å². The van der Waals surface area contributed by atoms with Gasteiger partial charge in [-0.1, -0.05) is 15.9 Å². The summed E-state index contributed by atoms with van der Waals surface area (Å²) in [5.41, 5.74) is 1.33. The van der Waals surface area contributed by atoms with E-state index in [9.17, 15) is 0 Å². The van der Waals surface area contributed by atoms with Crippen LogP contribution >= 0.6 is 15.9 Å². The van der Waals surface area contributed by atoms with Crippen molar-refractivity contribution in [2.45, 2.75) is 25.5 Å². The minimum Gasteiger partial charge on any atom is -0.488 e. The largest absolute Gasteiger partial charge is 0.488 e. The van der Waals surface area contributed by atoms with Crippen molar-refractivity contribution in [1.82, 2.24) is 10.2 Å². The third-order valence-electron chi connectivity index (χ3n) is 3.84. The Balaban J connectivity index is 1.63. The molecule has 3 nitrogen and oxygen atoms in total. The van der Waals surface area contributed by atoms with Crippen LogP contribution in [0.2, 0.25) is 0 Å². The number of hydrogen-bond donors (Lipinski definition) is 1. The number of fused-ring (bicyclic) bond motifs is 1. The summed E-state index contributed by atoms with van der Waals surface area (Å²) < 4.78 is 7.17. The van der Waals surface area contributed by atoms with Gasteiger partial charge in [0.15, 0.2) is 0 Å². The maximum absolute atomic E-state index is 6.03. The highest BCUT2D eigenvalue weighted by molar-refractivity contribution is 9.10. The van der Waals surface area contributed by atoms with E-state index in [2.05, 4.69) is 51.3 Å². The molecular formula is C14H19BrN2O. The number of piperazine rings is 1. The van der Waals surface area contributed by atoms with Gasteiger partial charge in [0.2, 0.25) is 0 Å². The maximum atomic E-state index is 6.03. The predicted molar refractivity (Wildman–Crippen MR) is 76.2 cm³/mol. The molecule has 2 aliphatic heterocycles. The Morgan fingerprint density at radius 3 is 3.22 bits per heavy atom. The highest BCUT2D eigenvalue weighted by atomic mass is 79.9. The Morgan fingerprint density at radius 2 is 2.39 bits per heavy atom. The zero-order valence-corrected chi connectivity index (χ0v) is 12.2. The first-order valence-electron chi connectivity index (χ1n) is 6.62. The Hall–Kier alpha value is -0.580. The third kappa shape index (κ3) is 2.56. The zero-order valence-electron chi connectivity index (χ0n) is 10.7. The molecule has 2 aliphatic rings. The van der Waals surface area contributed by atoms with Gasteiger partial charge in [-0.05, 0) is 30.7 Å². The van der Waals surface area contributed by atoms with Crippen LogP contribution in [0.25, 0.3) is 0 Å². The maximum Gasteiger partial charge on any atom is 0.123 e. The number of hydrogen-bond acceptors (Lipinski definition) is 3. The van der Waals surface area contributed by atoms with Gasteiger partial charge in [-0.15, -0.1) is 0 Å². The van der Waals surface area contributed by atoms with Crippen molar-refractivity contribution >= 4 is 15.9 Å². The van der Waals surface area contributed by atoms with E-state index in [1.807, 2.05) is 0 Å². The Bertz CT molecular complexity index is 438. The molecule has 1 fully saturated rings. The molecule has 1 aromatic carbocycles. The Labute approximate surface area is 117 Å². The van der Waals surface area contributed by atoms with E-state index in [0.717, 1.165) is 42.8 Å². The van der Waals surface area contributed by atoms with Crippen LogP contribution < -0.4 is 10.1 Å². The van der Waals surface area contributed by atoms with Crippen molar-refractivity contribution < 1.29 is 4.74 Å². The van der Waals surface area contributed by atoms with E-state index in [0.29, 0.717) is 12.1 Å². The molecule has 3 rings (SSSR count). The van der Waals surface area contributed by atoms with Gasteiger partial charge in [0, 0.05) is 43.1 Å². The van der Waals surface area contributed by atoms with E-state index in [1.54, 1.807) is 0 Å². The van der Waals surface area contributed by atoms with Crippen LogP contribution in [0.3, 0.4) is 0 Å². The quantitative estimate of drug-likeness (QED) is 0.905. The second-order valence-electron chi connectivity index (χ2n) is 5.24. The minimum absolute atomic E-state index is 0.315. The van der Waals surface area contributed by atoms with Gasteiger partial charge in [-0.25, -0.2) is 0 Å². The molecule has 0 aromatic heterocycles. The summed E-state index contributed by atoms with van der Waals surface area (Å²) in [5, 5.41) is 3.43. The number of benzene rings is 1. The third-order valence-corrected chi connectivity index (χ3v) is 4.33. The zero-order chi connectivity index (χ0) is 12.5. The molecule has 0 spiro atoms. The van der Waals surface area contributed by atoms with Crippen LogP contribution in [0.15, 0.2) is 22.7 Å². The van der Waals surface area contributed by atoms with Gasteiger partial charge >= 0.3 is 0 Å². The summed E-state index contributed by atoms with van der Waals surface area (Å²) >= 11 is 3.52. The Morgan fingerprint density at radius 1 is 1.50 bits per heavy atom. The average Bonchev–Trinajstić information content (AvgIpc) is 2.73. The summed E-state index contributed by atoms with van der Waals surface area (Å²) in [6.07, 6.45) is 1.35. The predicted octanol–water partition coefficient (Wildman–Crippen LogP) is 2.05. The number of rotatable bonds is 2. The molecule has 0 aliphatic carbocycles. The first-order valence-corrected chi connectivity index (χ1v) is 7.41. The van der Waals surface area contributed by atoms with E-state index in [4.69, 9.17) is 4.74 Å². The first-order chi connectivity index (χ1) is 8.72. The normalized spacial score (nSPS) is 27.9. The minimum atomic E-state index is 0.315. The highest BCUT2D eigenvalue weighted by Crippen LogP contribution is 2.31. The smallest absolute Gasteiger partial charge is 0.123 e. The van der Waals surface area contributed by atoms with Gasteiger partial charge in [0.25, 0.3) is 0 Å². The molecule has 4 heteroatoms. The summed E-state index contributed by atoms with van der Waals surface area (Å²) in [6, 6.07) is 6.91. The standard InChI is InChI=1S/C14H19BrN2O/c1-10-8-16-4-5-17(10)9-13-7-11-6-12(15)2-3-14(11)18-13/h2-3,6,10,13,16H,4-5,7-9H2,1H3/t10-,13?/m1/s1. The molecule has 0 bridgehead atoms. The summed E-state index contributed by atoms with van der Waals surface area (Å²) in [7, 11) is 0. The fourth-order valence-corrected chi connectivity index (χ4v) is 3.22. The van der Waals surface area contributed by atoms with E-state index >= 15 is 0 Å². The Kier molecular flexibility index (Phi) is 3.59. The molecular weight excluding hydrogens is 292 g/mol. The van der Waals surface area contributed by atoms with Crippen LogP contribution in [0.5, 0.6) is 5.75 Å². The lowest BCUT2D eigenvalue weighted by Gasteiger charge is -2.35. The summed E-state index contributed by atoms with van der Waals surface area (Å²) in [6.45, 7) is 6.63. The monoisotopic (exact) mass is 310 g/mol. The molecule has 1 N–H and O–H groups in total. The lowest BCUT2D eigenvalue weighted by atomic mass is 10.1. The fourth-order valence-electron chi connectivity index (χ4n) is 2.81. The van der Waals surface area contributed by atoms with Crippen molar-refractivity contribution in [2.75, 3.05) is 26.2 Å². The lowest BCUT2D eigenvalue weighted by molar-refractivity contribution is 0.106. The van der Waals surface area contributed by atoms with Crippen molar-refractivity contribution in [3.05, 3.63) is 28.2 Å². The molecule has 18 heavy (non-hydrogen) atoms. The van der Waals surface area contributed by atoms with Crippen molar-refractivity contribution in [3.63, 3.8) is 0 Å². The number of halogens is 1. The molecule has 1 unspecified atom stereocenters. The summed E-state index contributed by atoms with van der Waals surface area (Å²) in [5.74, 6) is 1.06. The summed E-state index contributed by atoms with van der Waals surface area (Å²) in [4.78, 5) is 2.53. The van der Waals surface area contributed by atoms with E-state index in [1.165, 1.54) is 5.56 Å². The van der Waals surface area contributed by atoms with Gasteiger partial charge < -0.3 is 10.1 Å². The van der Waals surface area contributed by atoms with Gasteiger partial charge in [-0.3, -0.25) is 4.90 Å². The highest BCUT2D eigenvalue weighted by Gasteiger charge is 2.27. The molecule has 2 atom stereocenters. The number of nitrogens with zero attached hydrogens (tertiary/aromatic N) is 1. The first kappa shape index (κ1) is 12.5. The van der Waals surface area contributed by atoms with Crippen molar-refractivity contribution in [2.24, 2.45) is 0 Å². The molecule has 0 amide bonds. The second kappa shape index (κ2) is 5.19.